The van der Waals surface area contributed by atoms with Gasteiger partial charge in [0.2, 0.25) is 0 Å². The average Bonchev–Trinajstić information content (AvgIpc) is 3.48. The van der Waals surface area contributed by atoms with Crippen LogP contribution in [-0.2, 0) is 22.6 Å². The summed E-state index contributed by atoms with van der Waals surface area (Å²) < 4.78 is 13.0. The number of rotatable bonds is 9. The molecular formula is C36H38N2O5. The Kier molecular flexibility index (Phi) is 9.27. The standard InChI is InChI=1S/C36H38N2O5/c39-24-25-10-12-27(13-11-25)34-20-32(23-38-19-18-31(40)22-38)42-36(43-34)29-16-14-26(15-17-29)33-9-5-4-8-30(33)21-37-35(41)28-6-2-1-3-7-28/h1-17,31-32,34,36,39-40H,18-24H2,(H,37,41). The van der Waals surface area contributed by atoms with E-state index in [1.54, 1.807) is 0 Å². The van der Waals surface area contributed by atoms with Crippen LogP contribution in [0.4, 0.5) is 0 Å². The van der Waals surface area contributed by atoms with Gasteiger partial charge in [-0.3, -0.25) is 9.69 Å². The van der Waals surface area contributed by atoms with Crippen molar-refractivity contribution in [3.05, 3.63) is 131 Å². The van der Waals surface area contributed by atoms with Crippen molar-refractivity contribution in [3.63, 3.8) is 0 Å². The first-order valence-electron chi connectivity index (χ1n) is 15.0. The summed E-state index contributed by atoms with van der Waals surface area (Å²) in [7, 11) is 0. The molecule has 0 aromatic heterocycles. The quantitative estimate of drug-likeness (QED) is 0.247. The number of hydrogen-bond acceptors (Lipinski definition) is 6. The lowest BCUT2D eigenvalue weighted by atomic mass is 9.97. The van der Waals surface area contributed by atoms with Gasteiger partial charge in [-0.2, -0.15) is 0 Å². The zero-order valence-corrected chi connectivity index (χ0v) is 24.1. The molecule has 2 saturated heterocycles. The van der Waals surface area contributed by atoms with Crippen molar-refractivity contribution < 1.29 is 24.5 Å². The Morgan fingerprint density at radius 3 is 2.30 bits per heavy atom. The van der Waals surface area contributed by atoms with Gasteiger partial charge in [0, 0.05) is 43.7 Å². The number of ether oxygens (including phenoxy) is 2. The summed E-state index contributed by atoms with van der Waals surface area (Å²) in [5.74, 6) is -0.101. The second-order valence-electron chi connectivity index (χ2n) is 11.4. The Balaban J connectivity index is 1.18. The number of carbonyl (C=O) groups excluding carboxylic acids is 1. The van der Waals surface area contributed by atoms with Crippen molar-refractivity contribution in [3.8, 4) is 11.1 Å². The van der Waals surface area contributed by atoms with Gasteiger partial charge < -0.3 is 25.0 Å². The van der Waals surface area contributed by atoms with E-state index in [1.807, 2.05) is 84.9 Å². The molecule has 6 rings (SSSR count). The number of carbonyl (C=O) groups is 1. The summed E-state index contributed by atoms with van der Waals surface area (Å²) in [6, 6.07) is 33.5. The number of benzene rings is 4. The van der Waals surface area contributed by atoms with E-state index in [0.717, 1.165) is 52.9 Å². The number of nitrogens with one attached hydrogen (secondary N) is 1. The molecule has 3 N–H and O–H groups in total. The zero-order chi connectivity index (χ0) is 29.6. The molecule has 43 heavy (non-hydrogen) atoms. The van der Waals surface area contributed by atoms with Crippen molar-refractivity contribution in [2.75, 3.05) is 19.6 Å². The maximum absolute atomic E-state index is 12.6. The van der Waals surface area contributed by atoms with Crippen LogP contribution in [0, 0.1) is 0 Å². The molecule has 0 radical (unpaired) electrons. The van der Waals surface area contributed by atoms with Gasteiger partial charge in [0.25, 0.3) is 5.91 Å². The van der Waals surface area contributed by atoms with Crippen LogP contribution in [0.1, 0.15) is 57.8 Å². The number of nitrogens with zero attached hydrogens (tertiary/aromatic N) is 1. The third-order valence-corrected chi connectivity index (χ3v) is 8.31. The first-order valence-corrected chi connectivity index (χ1v) is 15.0. The van der Waals surface area contributed by atoms with Crippen LogP contribution in [0.25, 0.3) is 11.1 Å². The fourth-order valence-electron chi connectivity index (χ4n) is 5.94. The van der Waals surface area contributed by atoms with E-state index < -0.39 is 6.29 Å². The van der Waals surface area contributed by atoms with Gasteiger partial charge in [-0.15, -0.1) is 0 Å². The molecule has 0 aliphatic carbocycles. The highest BCUT2D eigenvalue weighted by atomic mass is 16.7. The minimum absolute atomic E-state index is 0.00627. The predicted molar refractivity (Wildman–Crippen MR) is 165 cm³/mol. The maximum atomic E-state index is 12.6. The van der Waals surface area contributed by atoms with Crippen LogP contribution in [0.2, 0.25) is 0 Å². The van der Waals surface area contributed by atoms with E-state index >= 15 is 0 Å². The van der Waals surface area contributed by atoms with E-state index in [0.29, 0.717) is 25.1 Å². The monoisotopic (exact) mass is 578 g/mol. The van der Waals surface area contributed by atoms with Crippen LogP contribution in [0.5, 0.6) is 0 Å². The summed E-state index contributed by atoms with van der Waals surface area (Å²) >= 11 is 0. The molecule has 7 nitrogen and oxygen atoms in total. The minimum Gasteiger partial charge on any atom is -0.392 e. The fourth-order valence-corrected chi connectivity index (χ4v) is 5.94. The van der Waals surface area contributed by atoms with Gasteiger partial charge >= 0.3 is 0 Å². The third-order valence-electron chi connectivity index (χ3n) is 8.31. The Bertz CT molecular complexity index is 1490. The van der Waals surface area contributed by atoms with Crippen LogP contribution >= 0.6 is 0 Å². The van der Waals surface area contributed by atoms with Crippen molar-refractivity contribution in [2.24, 2.45) is 0 Å². The lowest BCUT2D eigenvalue weighted by molar-refractivity contribution is -0.252. The molecule has 7 heteroatoms. The highest BCUT2D eigenvalue weighted by Crippen LogP contribution is 2.39. The Hall–Kier alpha value is -3.85. The normalized spacial score (nSPS) is 22.4. The lowest BCUT2D eigenvalue weighted by Gasteiger charge is -2.38. The molecule has 2 aliphatic rings. The number of β-amino-alcohol motifs (C(OH)–C–C–N with tert-alkyl or cyclic N) is 1. The zero-order valence-electron chi connectivity index (χ0n) is 24.1. The number of aliphatic hydroxyl groups is 2. The molecule has 0 spiro atoms. The van der Waals surface area contributed by atoms with Crippen molar-refractivity contribution in [1.29, 1.82) is 0 Å². The van der Waals surface area contributed by atoms with Crippen LogP contribution < -0.4 is 5.32 Å². The van der Waals surface area contributed by atoms with Gasteiger partial charge in [0.05, 0.1) is 24.9 Å². The largest absolute Gasteiger partial charge is 0.392 e. The molecule has 222 valence electrons. The SMILES string of the molecule is O=C(NCc1ccccc1-c1ccc(C2OC(CN3CCC(O)C3)CC(c3ccc(CO)cc3)O2)cc1)c1ccccc1. The van der Waals surface area contributed by atoms with Crippen molar-refractivity contribution >= 4 is 5.91 Å². The Morgan fingerprint density at radius 2 is 1.58 bits per heavy atom. The third kappa shape index (κ3) is 7.21. The summed E-state index contributed by atoms with van der Waals surface area (Å²) in [5, 5.41) is 22.6. The molecule has 0 bridgehead atoms. The molecule has 4 atom stereocenters. The van der Waals surface area contributed by atoms with Gasteiger partial charge in [-0.1, -0.05) is 91.0 Å². The summed E-state index contributed by atoms with van der Waals surface area (Å²) in [4.78, 5) is 14.9. The molecule has 1 amide bonds. The van der Waals surface area contributed by atoms with Crippen LogP contribution in [0.15, 0.2) is 103 Å². The number of aliphatic hydroxyl groups excluding tert-OH is 2. The molecule has 0 saturated carbocycles. The van der Waals surface area contributed by atoms with Gasteiger partial charge in [-0.25, -0.2) is 0 Å². The van der Waals surface area contributed by atoms with Gasteiger partial charge in [-0.05, 0) is 46.4 Å². The topological polar surface area (TPSA) is 91.3 Å². The van der Waals surface area contributed by atoms with Crippen molar-refractivity contribution in [1.82, 2.24) is 10.2 Å². The minimum atomic E-state index is -0.539. The number of amides is 1. The smallest absolute Gasteiger partial charge is 0.251 e. The second kappa shape index (κ2) is 13.6. The Labute approximate surface area is 252 Å². The summed E-state index contributed by atoms with van der Waals surface area (Å²) in [6.07, 6.45) is 0.472. The summed E-state index contributed by atoms with van der Waals surface area (Å²) in [5.41, 5.74) is 6.62. The van der Waals surface area contributed by atoms with Gasteiger partial charge in [0.15, 0.2) is 6.29 Å². The lowest BCUT2D eigenvalue weighted by Crippen LogP contribution is -2.38. The number of likely N-dealkylation sites (tertiary alicyclic amines) is 1. The molecular weight excluding hydrogens is 540 g/mol. The van der Waals surface area contributed by atoms with Crippen LogP contribution in [-0.4, -0.2) is 52.9 Å². The second-order valence-corrected chi connectivity index (χ2v) is 11.4. The first-order chi connectivity index (χ1) is 21.1. The maximum Gasteiger partial charge on any atom is 0.251 e. The molecule has 4 aromatic rings. The molecule has 2 heterocycles. The first kappa shape index (κ1) is 29.2. The molecule has 4 aromatic carbocycles. The van der Waals surface area contributed by atoms with Crippen molar-refractivity contribution in [2.45, 2.75) is 50.6 Å². The van der Waals surface area contributed by atoms with E-state index in [1.165, 1.54) is 0 Å². The van der Waals surface area contributed by atoms with E-state index in [4.69, 9.17) is 9.47 Å². The van der Waals surface area contributed by atoms with E-state index in [-0.39, 0.29) is 30.8 Å². The Morgan fingerprint density at radius 1 is 0.860 bits per heavy atom. The molecule has 2 fully saturated rings. The van der Waals surface area contributed by atoms with Crippen LogP contribution in [0.3, 0.4) is 0 Å². The van der Waals surface area contributed by atoms with E-state index in [2.05, 4.69) is 28.4 Å². The predicted octanol–water partition coefficient (Wildman–Crippen LogP) is 5.39. The number of hydrogen-bond donors (Lipinski definition) is 3. The summed E-state index contributed by atoms with van der Waals surface area (Å²) in [6.45, 7) is 2.70. The fraction of sp³-hybridized carbons (Fsp3) is 0.306. The molecule has 2 aliphatic heterocycles. The molecule has 4 unspecified atom stereocenters. The van der Waals surface area contributed by atoms with Gasteiger partial charge in [0.1, 0.15) is 0 Å². The van der Waals surface area contributed by atoms with E-state index in [9.17, 15) is 15.0 Å². The highest BCUT2D eigenvalue weighted by molar-refractivity contribution is 5.94. The highest BCUT2D eigenvalue weighted by Gasteiger charge is 2.34. The average molecular weight is 579 g/mol.